The number of anilines is 1. The normalized spacial score (nSPS) is 26.2. The summed E-state index contributed by atoms with van der Waals surface area (Å²) in [5.74, 6) is -3.44. The number of aliphatic hydroxyl groups excluding tert-OH is 1. The maximum atomic E-state index is 14.9. The summed E-state index contributed by atoms with van der Waals surface area (Å²) in [6.07, 6.45) is 2.69. The van der Waals surface area contributed by atoms with Crippen LogP contribution in [-0.2, 0) is 28.7 Å². The van der Waals surface area contributed by atoms with E-state index in [2.05, 4.69) is 34.4 Å². The van der Waals surface area contributed by atoms with Gasteiger partial charge >= 0.3 is 5.97 Å². The van der Waals surface area contributed by atoms with Gasteiger partial charge in [-0.3, -0.25) is 19.2 Å². The lowest BCUT2D eigenvalue weighted by molar-refractivity contribution is -0.161. The summed E-state index contributed by atoms with van der Waals surface area (Å²) in [5, 5.41) is 13.5. The van der Waals surface area contributed by atoms with Crippen molar-refractivity contribution in [3.05, 3.63) is 85.5 Å². The van der Waals surface area contributed by atoms with Gasteiger partial charge in [-0.05, 0) is 48.6 Å². The van der Waals surface area contributed by atoms with Crippen LogP contribution in [0.2, 0.25) is 0 Å². The van der Waals surface area contributed by atoms with Crippen LogP contribution in [0.15, 0.2) is 79.9 Å². The number of nitrogens with zero attached hydrogens (tertiary/aromatic N) is 2. The van der Waals surface area contributed by atoms with Gasteiger partial charge in [0.15, 0.2) is 0 Å². The van der Waals surface area contributed by atoms with Gasteiger partial charge in [0, 0.05) is 23.5 Å². The standard InChI is InChI=1S/C38H46BrN3O8/c1-6-8-14-30(44)40-21-29(24-12-10-9-11-13-24)49-37(47)31-32-35(45)42(28(22-43)23(3)4)34(38(32)20-27(39)33(31)50-38)36(46)41(19-7-2)25-15-17-26(48-5)18-16-25/h6-7,9-13,15-18,23,27-29,31-34,43H,1-2,8,14,19-22H2,3-5H3,(H,40,44)/t27?,28-,29-,31-,32+,33-,34-,38+/m0/s1. The number of nitrogens with one attached hydrogen (secondary N) is 1. The third-order valence-electron chi connectivity index (χ3n) is 10.00. The lowest BCUT2D eigenvalue weighted by Crippen LogP contribution is -2.60. The van der Waals surface area contributed by atoms with Gasteiger partial charge in [-0.15, -0.1) is 13.2 Å². The minimum absolute atomic E-state index is 0.0248. The van der Waals surface area contributed by atoms with Crippen molar-refractivity contribution in [2.75, 3.05) is 31.7 Å². The largest absolute Gasteiger partial charge is 0.497 e. The van der Waals surface area contributed by atoms with E-state index in [-0.39, 0.29) is 42.6 Å². The molecule has 3 saturated heterocycles. The third-order valence-corrected chi connectivity index (χ3v) is 10.8. The number of amides is 3. The molecule has 50 heavy (non-hydrogen) atoms. The van der Waals surface area contributed by atoms with E-state index in [9.17, 15) is 24.3 Å². The first kappa shape index (κ1) is 37.3. The van der Waals surface area contributed by atoms with Crippen LogP contribution in [0.1, 0.15) is 44.8 Å². The van der Waals surface area contributed by atoms with Crippen molar-refractivity contribution in [2.45, 2.75) is 67.8 Å². The maximum absolute atomic E-state index is 14.9. The van der Waals surface area contributed by atoms with Crippen LogP contribution in [-0.4, -0.2) is 89.1 Å². The van der Waals surface area contributed by atoms with Crippen molar-refractivity contribution in [1.82, 2.24) is 10.2 Å². The van der Waals surface area contributed by atoms with Gasteiger partial charge in [0.1, 0.15) is 23.5 Å². The number of benzene rings is 2. The number of esters is 1. The fourth-order valence-electron chi connectivity index (χ4n) is 7.60. The molecule has 11 nitrogen and oxygen atoms in total. The summed E-state index contributed by atoms with van der Waals surface area (Å²) < 4.78 is 18.2. The number of ether oxygens (including phenoxy) is 3. The van der Waals surface area contributed by atoms with Gasteiger partial charge in [-0.1, -0.05) is 72.3 Å². The molecule has 268 valence electrons. The number of fused-ring (bicyclic) bond motifs is 1. The molecule has 12 heteroatoms. The van der Waals surface area contributed by atoms with E-state index in [0.717, 1.165) is 0 Å². The van der Waals surface area contributed by atoms with Crippen molar-refractivity contribution in [1.29, 1.82) is 0 Å². The number of carbonyl (C=O) groups is 4. The number of alkyl halides is 1. The van der Waals surface area contributed by atoms with E-state index >= 15 is 0 Å². The zero-order valence-electron chi connectivity index (χ0n) is 28.7. The molecule has 1 unspecified atom stereocenters. The second kappa shape index (κ2) is 15.9. The predicted molar refractivity (Wildman–Crippen MR) is 192 cm³/mol. The molecule has 0 radical (unpaired) electrons. The summed E-state index contributed by atoms with van der Waals surface area (Å²) >= 11 is 3.72. The van der Waals surface area contributed by atoms with Crippen molar-refractivity contribution in [2.24, 2.45) is 17.8 Å². The molecule has 2 aromatic carbocycles. The molecule has 3 heterocycles. The van der Waals surface area contributed by atoms with Gasteiger partial charge in [-0.25, -0.2) is 0 Å². The SMILES string of the molecule is C=CCCC(=O)NC[C@H](OC(=O)[C@@H]1[C@H]2O[C@@]3(CC2Br)[C@H](C(=O)N(CC=C)c2ccc(OC)cc2)N([C@@H](CO)C(C)C)C(=O)[C@@H]13)c1ccccc1. The van der Waals surface area contributed by atoms with E-state index in [0.29, 0.717) is 23.4 Å². The highest BCUT2D eigenvalue weighted by molar-refractivity contribution is 9.09. The smallest absolute Gasteiger partial charge is 0.313 e. The molecule has 2 aromatic rings. The molecule has 3 aliphatic heterocycles. The number of allylic oxidation sites excluding steroid dienone is 1. The Morgan fingerprint density at radius 3 is 2.44 bits per heavy atom. The van der Waals surface area contributed by atoms with Crippen LogP contribution in [0.25, 0.3) is 0 Å². The molecule has 1 spiro atoms. The minimum Gasteiger partial charge on any atom is -0.497 e. The van der Waals surface area contributed by atoms with Crippen LogP contribution in [0, 0.1) is 17.8 Å². The fraction of sp³-hybridized carbons (Fsp3) is 0.474. The van der Waals surface area contributed by atoms with Gasteiger partial charge in [0.25, 0.3) is 5.91 Å². The highest BCUT2D eigenvalue weighted by atomic mass is 79.9. The van der Waals surface area contributed by atoms with Crippen LogP contribution in [0.5, 0.6) is 5.75 Å². The van der Waals surface area contributed by atoms with Crippen molar-refractivity contribution < 1.29 is 38.5 Å². The molecule has 0 aromatic heterocycles. The van der Waals surface area contributed by atoms with E-state index < -0.39 is 66.1 Å². The monoisotopic (exact) mass is 751 g/mol. The summed E-state index contributed by atoms with van der Waals surface area (Å²) in [6, 6.07) is 14.2. The number of methoxy groups -OCH3 is 1. The topological polar surface area (TPSA) is 135 Å². The summed E-state index contributed by atoms with van der Waals surface area (Å²) in [6.45, 7) is 11.0. The summed E-state index contributed by atoms with van der Waals surface area (Å²) in [5.41, 5.74) is -0.148. The summed E-state index contributed by atoms with van der Waals surface area (Å²) in [4.78, 5) is 59.1. The molecule has 3 amide bonds. The number of carbonyl (C=O) groups excluding carboxylic acids is 4. The molecular formula is C38H46BrN3O8. The first-order chi connectivity index (χ1) is 24.0. The number of hydrogen-bond acceptors (Lipinski definition) is 8. The Kier molecular flexibility index (Phi) is 11.9. The molecule has 2 bridgehead atoms. The first-order valence-electron chi connectivity index (χ1n) is 17.0. The maximum Gasteiger partial charge on any atom is 0.313 e. The Morgan fingerprint density at radius 2 is 1.84 bits per heavy atom. The number of aliphatic hydroxyl groups is 1. The molecule has 2 N–H and O–H groups in total. The van der Waals surface area contributed by atoms with Crippen LogP contribution >= 0.6 is 15.9 Å². The zero-order chi connectivity index (χ0) is 36.2. The number of halogens is 1. The van der Waals surface area contributed by atoms with Crippen LogP contribution in [0.4, 0.5) is 5.69 Å². The molecule has 3 fully saturated rings. The van der Waals surface area contributed by atoms with Crippen LogP contribution < -0.4 is 15.0 Å². The Balaban J connectivity index is 1.52. The second-order valence-electron chi connectivity index (χ2n) is 13.3. The molecule has 0 saturated carbocycles. The Bertz CT molecular complexity index is 1570. The van der Waals surface area contributed by atoms with E-state index in [4.69, 9.17) is 14.2 Å². The lowest BCUT2D eigenvalue weighted by Gasteiger charge is -2.40. The fourth-order valence-corrected chi connectivity index (χ4v) is 8.54. The van der Waals surface area contributed by atoms with E-state index in [1.165, 1.54) is 9.80 Å². The van der Waals surface area contributed by atoms with Gasteiger partial charge in [0.05, 0.1) is 44.2 Å². The van der Waals surface area contributed by atoms with Gasteiger partial charge in [-0.2, -0.15) is 0 Å². The Morgan fingerprint density at radius 1 is 1.14 bits per heavy atom. The first-order valence-corrected chi connectivity index (χ1v) is 17.9. The number of rotatable bonds is 16. The Hall–Kier alpha value is -4.00. The molecule has 5 rings (SSSR count). The molecule has 0 aliphatic carbocycles. The quantitative estimate of drug-likeness (QED) is 0.147. The lowest BCUT2D eigenvalue weighted by atomic mass is 9.70. The second-order valence-corrected chi connectivity index (χ2v) is 14.5. The average molecular weight is 753 g/mol. The van der Waals surface area contributed by atoms with Crippen molar-refractivity contribution >= 4 is 45.3 Å². The third kappa shape index (κ3) is 6.97. The number of likely N-dealkylation sites (tertiary alicyclic amines) is 1. The highest BCUT2D eigenvalue weighted by Crippen LogP contribution is 2.61. The molecular weight excluding hydrogens is 706 g/mol. The van der Waals surface area contributed by atoms with E-state index in [1.807, 2.05) is 32.0 Å². The minimum atomic E-state index is -1.38. The van der Waals surface area contributed by atoms with Crippen molar-refractivity contribution in [3.8, 4) is 5.75 Å². The average Bonchev–Trinajstić information content (AvgIpc) is 3.71. The number of hydrogen-bond donors (Lipinski definition) is 2. The predicted octanol–water partition coefficient (Wildman–Crippen LogP) is 4.35. The summed E-state index contributed by atoms with van der Waals surface area (Å²) in [7, 11) is 1.55. The van der Waals surface area contributed by atoms with Crippen molar-refractivity contribution in [3.63, 3.8) is 0 Å². The van der Waals surface area contributed by atoms with Gasteiger partial charge < -0.3 is 34.4 Å². The van der Waals surface area contributed by atoms with Gasteiger partial charge in [0.2, 0.25) is 11.8 Å². The Labute approximate surface area is 301 Å². The van der Waals surface area contributed by atoms with E-state index in [1.54, 1.807) is 55.7 Å². The van der Waals surface area contributed by atoms with Crippen LogP contribution in [0.3, 0.4) is 0 Å². The molecule has 8 atom stereocenters. The molecule has 3 aliphatic rings. The highest BCUT2D eigenvalue weighted by Gasteiger charge is 2.77. The zero-order valence-corrected chi connectivity index (χ0v) is 30.3.